The Morgan fingerprint density at radius 3 is 2.42 bits per heavy atom. The van der Waals surface area contributed by atoms with Gasteiger partial charge in [0.15, 0.2) is 0 Å². The molecule has 1 aliphatic heterocycles. The molecular weight excluding hydrogens is 306 g/mol. The fourth-order valence-electron chi connectivity index (χ4n) is 2.66. The summed E-state index contributed by atoms with van der Waals surface area (Å²) in [4.78, 5) is 30.6. The van der Waals surface area contributed by atoms with Gasteiger partial charge in [-0.1, -0.05) is 0 Å². The summed E-state index contributed by atoms with van der Waals surface area (Å²) in [5.41, 5.74) is 1.45. The van der Waals surface area contributed by atoms with Crippen molar-refractivity contribution in [3.63, 3.8) is 0 Å². The number of benzene rings is 1. The van der Waals surface area contributed by atoms with E-state index < -0.39 is 0 Å². The van der Waals surface area contributed by atoms with Crippen LogP contribution < -0.4 is 10.1 Å². The fourth-order valence-corrected chi connectivity index (χ4v) is 2.66. The van der Waals surface area contributed by atoms with Gasteiger partial charge in [0.2, 0.25) is 0 Å². The van der Waals surface area contributed by atoms with Crippen LogP contribution in [0, 0.1) is 0 Å². The predicted octanol–water partition coefficient (Wildman–Crippen LogP) is 2.58. The van der Waals surface area contributed by atoms with Crippen molar-refractivity contribution in [3.8, 4) is 5.75 Å². The van der Waals surface area contributed by atoms with Crippen molar-refractivity contribution < 1.29 is 14.3 Å². The number of hydrogen-bond donors (Lipinski definition) is 1. The molecule has 24 heavy (non-hydrogen) atoms. The number of amides is 2. The molecule has 1 N–H and O–H groups in total. The van der Waals surface area contributed by atoms with E-state index in [4.69, 9.17) is 4.74 Å². The molecule has 6 heteroatoms. The molecule has 3 rings (SSSR count). The molecule has 1 saturated heterocycles. The maximum absolute atomic E-state index is 12.4. The van der Waals surface area contributed by atoms with Gasteiger partial charge in [0.1, 0.15) is 5.75 Å². The minimum absolute atomic E-state index is 0.0703. The van der Waals surface area contributed by atoms with E-state index in [0.717, 1.165) is 25.9 Å². The first-order chi connectivity index (χ1) is 11.7. The zero-order valence-electron chi connectivity index (χ0n) is 13.5. The molecular formula is C18H19N3O3. The van der Waals surface area contributed by atoms with E-state index >= 15 is 0 Å². The minimum Gasteiger partial charge on any atom is -0.497 e. The third-order valence-corrected chi connectivity index (χ3v) is 3.99. The van der Waals surface area contributed by atoms with Crippen molar-refractivity contribution in [2.24, 2.45) is 0 Å². The summed E-state index contributed by atoms with van der Waals surface area (Å²) in [5, 5.41) is 2.79. The average molecular weight is 325 g/mol. The molecule has 124 valence electrons. The second-order valence-corrected chi connectivity index (χ2v) is 5.64. The van der Waals surface area contributed by atoms with Gasteiger partial charge >= 0.3 is 0 Å². The van der Waals surface area contributed by atoms with E-state index in [9.17, 15) is 9.59 Å². The summed E-state index contributed by atoms with van der Waals surface area (Å²) in [5.74, 6) is 0.343. The lowest BCUT2D eigenvalue weighted by atomic mass is 10.1. The van der Waals surface area contributed by atoms with Crippen LogP contribution in [0.4, 0.5) is 5.69 Å². The van der Waals surface area contributed by atoms with Gasteiger partial charge in [-0.15, -0.1) is 0 Å². The second-order valence-electron chi connectivity index (χ2n) is 5.64. The molecule has 0 atom stereocenters. The average Bonchev–Trinajstić information content (AvgIpc) is 3.16. The Morgan fingerprint density at radius 1 is 1.08 bits per heavy atom. The highest BCUT2D eigenvalue weighted by atomic mass is 16.5. The van der Waals surface area contributed by atoms with Crippen molar-refractivity contribution >= 4 is 17.5 Å². The van der Waals surface area contributed by atoms with Gasteiger partial charge in [0, 0.05) is 31.2 Å². The molecule has 1 aromatic carbocycles. The molecule has 1 fully saturated rings. The number of pyridine rings is 1. The Hall–Kier alpha value is -2.89. The van der Waals surface area contributed by atoms with Gasteiger partial charge in [-0.3, -0.25) is 14.6 Å². The molecule has 2 aromatic rings. The number of likely N-dealkylation sites (tertiary alicyclic amines) is 1. The van der Waals surface area contributed by atoms with Crippen LogP contribution in [0.3, 0.4) is 0 Å². The van der Waals surface area contributed by atoms with Crippen LogP contribution in [0.15, 0.2) is 42.7 Å². The Balaban J connectivity index is 1.72. The molecule has 0 bridgehead atoms. The summed E-state index contributed by atoms with van der Waals surface area (Å²) in [6.45, 7) is 1.53. The number of ether oxygens (including phenoxy) is 1. The minimum atomic E-state index is -0.302. The van der Waals surface area contributed by atoms with Crippen LogP contribution in [0.5, 0.6) is 5.75 Å². The van der Waals surface area contributed by atoms with E-state index in [2.05, 4.69) is 10.3 Å². The van der Waals surface area contributed by atoms with E-state index in [1.165, 1.54) is 12.4 Å². The molecule has 0 aliphatic carbocycles. The Labute approximate surface area is 140 Å². The quantitative estimate of drug-likeness (QED) is 0.938. The molecule has 0 radical (unpaired) electrons. The van der Waals surface area contributed by atoms with Crippen LogP contribution in [0.25, 0.3) is 0 Å². The molecule has 0 unspecified atom stereocenters. The highest BCUT2D eigenvalue weighted by Crippen LogP contribution is 2.17. The number of carbonyl (C=O) groups is 2. The molecule has 1 aliphatic rings. The first-order valence-electron chi connectivity index (χ1n) is 7.87. The Morgan fingerprint density at radius 2 is 1.75 bits per heavy atom. The SMILES string of the molecule is COc1ccc(NC(=O)c2cncc(C(=O)N3CCCC3)c2)cc1. The number of aromatic nitrogens is 1. The Bertz CT molecular complexity index is 737. The van der Waals surface area contributed by atoms with Gasteiger partial charge in [-0.05, 0) is 43.2 Å². The Kier molecular flexibility index (Phi) is 4.74. The van der Waals surface area contributed by atoms with Crippen molar-refractivity contribution in [3.05, 3.63) is 53.9 Å². The van der Waals surface area contributed by atoms with E-state index in [0.29, 0.717) is 22.6 Å². The monoisotopic (exact) mass is 325 g/mol. The molecule has 1 aromatic heterocycles. The zero-order chi connectivity index (χ0) is 16.9. The van der Waals surface area contributed by atoms with E-state index in [-0.39, 0.29) is 11.8 Å². The maximum Gasteiger partial charge on any atom is 0.257 e. The molecule has 0 saturated carbocycles. The normalized spacial score (nSPS) is 13.6. The summed E-state index contributed by atoms with van der Waals surface area (Å²) >= 11 is 0. The van der Waals surface area contributed by atoms with Crippen molar-refractivity contribution in [2.45, 2.75) is 12.8 Å². The fraction of sp³-hybridized carbons (Fsp3) is 0.278. The van der Waals surface area contributed by atoms with Gasteiger partial charge in [-0.25, -0.2) is 0 Å². The summed E-state index contributed by atoms with van der Waals surface area (Å²) in [6, 6.07) is 8.63. The molecule has 6 nitrogen and oxygen atoms in total. The van der Waals surface area contributed by atoms with Crippen LogP contribution in [-0.4, -0.2) is 41.9 Å². The van der Waals surface area contributed by atoms with Crippen molar-refractivity contribution in [2.75, 3.05) is 25.5 Å². The van der Waals surface area contributed by atoms with Crippen LogP contribution >= 0.6 is 0 Å². The number of carbonyl (C=O) groups excluding carboxylic acids is 2. The second kappa shape index (κ2) is 7.12. The van der Waals surface area contributed by atoms with E-state index in [1.807, 2.05) is 0 Å². The van der Waals surface area contributed by atoms with Gasteiger partial charge in [0.25, 0.3) is 11.8 Å². The smallest absolute Gasteiger partial charge is 0.257 e. The van der Waals surface area contributed by atoms with Crippen LogP contribution in [0.1, 0.15) is 33.6 Å². The lowest BCUT2D eigenvalue weighted by Crippen LogP contribution is -2.28. The number of nitrogens with zero attached hydrogens (tertiary/aromatic N) is 2. The highest BCUT2D eigenvalue weighted by molar-refractivity contribution is 6.05. The third-order valence-electron chi connectivity index (χ3n) is 3.99. The van der Waals surface area contributed by atoms with Gasteiger partial charge in [-0.2, -0.15) is 0 Å². The van der Waals surface area contributed by atoms with Crippen molar-refractivity contribution in [1.82, 2.24) is 9.88 Å². The molecule has 2 heterocycles. The summed E-state index contributed by atoms with van der Waals surface area (Å²) in [7, 11) is 1.59. The maximum atomic E-state index is 12.4. The zero-order valence-corrected chi connectivity index (χ0v) is 13.5. The number of anilines is 1. The van der Waals surface area contributed by atoms with Gasteiger partial charge < -0.3 is 15.0 Å². The lowest BCUT2D eigenvalue weighted by Gasteiger charge is -2.15. The van der Waals surface area contributed by atoms with Crippen LogP contribution in [0.2, 0.25) is 0 Å². The van der Waals surface area contributed by atoms with E-state index in [1.54, 1.807) is 42.3 Å². The van der Waals surface area contributed by atoms with Crippen molar-refractivity contribution in [1.29, 1.82) is 0 Å². The topological polar surface area (TPSA) is 71.5 Å². The highest BCUT2D eigenvalue weighted by Gasteiger charge is 2.20. The van der Waals surface area contributed by atoms with Gasteiger partial charge in [0.05, 0.1) is 18.2 Å². The molecule has 2 amide bonds. The number of nitrogens with one attached hydrogen (secondary N) is 1. The first kappa shape index (κ1) is 16.0. The number of rotatable bonds is 4. The van der Waals surface area contributed by atoms with Crippen LogP contribution in [-0.2, 0) is 0 Å². The lowest BCUT2D eigenvalue weighted by molar-refractivity contribution is 0.0792. The third kappa shape index (κ3) is 3.53. The standard InChI is InChI=1S/C18H19N3O3/c1-24-16-6-4-15(5-7-16)20-17(22)13-10-14(12-19-11-13)18(23)21-8-2-3-9-21/h4-7,10-12H,2-3,8-9H2,1H3,(H,20,22). The molecule has 0 spiro atoms. The number of methoxy groups -OCH3 is 1. The predicted molar refractivity (Wildman–Crippen MR) is 90.3 cm³/mol. The first-order valence-corrected chi connectivity index (χ1v) is 7.87. The summed E-state index contributed by atoms with van der Waals surface area (Å²) < 4.78 is 5.08. The summed E-state index contributed by atoms with van der Waals surface area (Å²) in [6.07, 6.45) is 5.01. The largest absolute Gasteiger partial charge is 0.497 e. The number of hydrogen-bond acceptors (Lipinski definition) is 4.